The number of rotatable bonds is 2. The SMILES string of the molecule is C=C(C)C1CCC(C(=C)Cl)C1. The van der Waals surface area contributed by atoms with Crippen LogP contribution in [0.15, 0.2) is 23.8 Å². The average molecular weight is 171 g/mol. The number of hydrogen-bond donors (Lipinski definition) is 0. The van der Waals surface area contributed by atoms with Gasteiger partial charge in [-0.2, -0.15) is 0 Å². The van der Waals surface area contributed by atoms with E-state index in [1.165, 1.54) is 18.4 Å². The zero-order chi connectivity index (χ0) is 8.43. The predicted octanol–water partition coefficient (Wildman–Crippen LogP) is 3.73. The van der Waals surface area contributed by atoms with E-state index < -0.39 is 0 Å². The Morgan fingerprint density at radius 1 is 1.27 bits per heavy atom. The van der Waals surface area contributed by atoms with Gasteiger partial charge >= 0.3 is 0 Å². The van der Waals surface area contributed by atoms with Crippen molar-refractivity contribution < 1.29 is 0 Å². The fourth-order valence-electron chi connectivity index (χ4n) is 1.71. The van der Waals surface area contributed by atoms with E-state index in [0.717, 1.165) is 11.5 Å². The van der Waals surface area contributed by atoms with Gasteiger partial charge in [-0.1, -0.05) is 30.3 Å². The third-order valence-corrected chi connectivity index (χ3v) is 2.88. The molecule has 0 aliphatic heterocycles. The lowest BCUT2D eigenvalue weighted by atomic mass is 9.99. The molecule has 11 heavy (non-hydrogen) atoms. The monoisotopic (exact) mass is 170 g/mol. The molecule has 1 aliphatic carbocycles. The van der Waals surface area contributed by atoms with E-state index in [-0.39, 0.29) is 0 Å². The van der Waals surface area contributed by atoms with Crippen LogP contribution in [0.25, 0.3) is 0 Å². The first-order valence-electron chi connectivity index (χ1n) is 4.11. The van der Waals surface area contributed by atoms with Crippen LogP contribution in [0.1, 0.15) is 26.2 Å². The molecule has 0 saturated heterocycles. The molecule has 0 heterocycles. The van der Waals surface area contributed by atoms with Gasteiger partial charge in [0.05, 0.1) is 0 Å². The molecule has 0 nitrogen and oxygen atoms in total. The van der Waals surface area contributed by atoms with E-state index >= 15 is 0 Å². The van der Waals surface area contributed by atoms with Crippen molar-refractivity contribution in [3.63, 3.8) is 0 Å². The van der Waals surface area contributed by atoms with Crippen molar-refractivity contribution in [1.29, 1.82) is 0 Å². The predicted molar refractivity (Wildman–Crippen MR) is 50.6 cm³/mol. The van der Waals surface area contributed by atoms with Crippen molar-refractivity contribution in [3.05, 3.63) is 23.8 Å². The van der Waals surface area contributed by atoms with Crippen LogP contribution in [-0.2, 0) is 0 Å². The molecule has 1 rings (SSSR count). The fourth-order valence-corrected chi connectivity index (χ4v) is 1.91. The molecule has 0 radical (unpaired) electrons. The largest absolute Gasteiger partial charge is 0.0999 e. The molecular formula is C10H15Cl. The van der Waals surface area contributed by atoms with Crippen LogP contribution in [0.3, 0.4) is 0 Å². The standard InChI is InChI=1S/C10H15Cl/c1-7(2)9-4-5-10(6-9)8(3)11/h9-10H,1,3-6H2,2H3. The highest BCUT2D eigenvalue weighted by atomic mass is 35.5. The van der Waals surface area contributed by atoms with E-state index in [4.69, 9.17) is 11.6 Å². The minimum atomic E-state index is 0.540. The molecule has 2 unspecified atom stereocenters. The van der Waals surface area contributed by atoms with E-state index in [2.05, 4.69) is 20.1 Å². The van der Waals surface area contributed by atoms with E-state index in [9.17, 15) is 0 Å². The summed E-state index contributed by atoms with van der Waals surface area (Å²) < 4.78 is 0. The Hall–Kier alpha value is -0.230. The highest BCUT2D eigenvalue weighted by molar-refractivity contribution is 6.29. The summed E-state index contributed by atoms with van der Waals surface area (Å²) >= 11 is 5.83. The summed E-state index contributed by atoms with van der Waals surface area (Å²) in [7, 11) is 0. The lowest BCUT2D eigenvalue weighted by Crippen LogP contribution is -1.96. The van der Waals surface area contributed by atoms with Crippen LogP contribution < -0.4 is 0 Å². The lowest BCUT2D eigenvalue weighted by molar-refractivity contribution is 0.608. The van der Waals surface area contributed by atoms with Crippen molar-refractivity contribution in [3.8, 4) is 0 Å². The van der Waals surface area contributed by atoms with Crippen molar-refractivity contribution in [1.82, 2.24) is 0 Å². The van der Waals surface area contributed by atoms with Crippen molar-refractivity contribution in [2.75, 3.05) is 0 Å². The van der Waals surface area contributed by atoms with Gasteiger partial charge in [0.15, 0.2) is 0 Å². The Morgan fingerprint density at radius 2 is 1.82 bits per heavy atom. The van der Waals surface area contributed by atoms with Gasteiger partial charge in [-0.05, 0) is 38.0 Å². The first-order chi connectivity index (χ1) is 5.11. The maximum atomic E-state index is 5.83. The van der Waals surface area contributed by atoms with Crippen molar-refractivity contribution in [2.45, 2.75) is 26.2 Å². The van der Waals surface area contributed by atoms with Gasteiger partial charge in [-0.15, -0.1) is 0 Å². The lowest BCUT2D eigenvalue weighted by Gasteiger charge is -2.09. The summed E-state index contributed by atoms with van der Waals surface area (Å²) in [6.45, 7) is 9.83. The smallest absolute Gasteiger partial charge is 0.0140 e. The van der Waals surface area contributed by atoms with Gasteiger partial charge in [0.2, 0.25) is 0 Å². The van der Waals surface area contributed by atoms with Crippen LogP contribution in [0.5, 0.6) is 0 Å². The van der Waals surface area contributed by atoms with Crippen LogP contribution in [0.2, 0.25) is 0 Å². The minimum absolute atomic E-state index is 0.540. The first-order valence-corrected chi connectivity index (χ1v) is 4.48. The molecule has 1 heteroatoms. The number of hydrogen-bond acceptors (Lipinski definition) is 0. The summed E-state index contributed by atoms with van der Waals surface area (Å²) in [6, 6.07) is 0. The van der Waals surface area contributed by atoms with E-state index in [1.807, 2.05) is 0 Å². The second-order valence-corrected chi connectivity index (χ2v) is 3.99. The molecule has 0 aromatic rings. The molecule has 1 aliphatic rings. The van der Waals surface area contributed by atoms with Gasteiger partial charge in [0.25, 0.3) is 0 Å². The molecular weight excluding hydrogens is 156 g/mol. The molecule has 2 atom stereocenters. The highest BCUT2D eigenvalue weighted by Gasteiger charge is 2.25. The molecule has 62 valence electrons. The zero-order valence-corrected chi connectivity index (χ0v) is 7.82. The quantitative estimate of drug-likeness (QED) is 0.554. The van der Waals surface area contributed by atoms with Crippen LogP contribution in [0.4, 0.5) is 0 Å². The summed E-state index contributed by atoms with van der Waals surface area (Å²) in [5.74, 6) is 1.23. The number of halogens is 1. The third kappa shape index (κ3) is 2.10. The Labute approximate surface area is 73.9 Å². The maximum Gasteiger partial charge on any atom is 0.0140 e. The molecule has 0 bridgehead atoms. The van der Waals surface area contributed by atoms with Gasteiger partial charge < -0.3 is 0 Å². The molecule has 0 aromatic carbocycles. The number of allylic oxidation sites excluding steroid dienone is 2. The Bertz CT molecular complexity index is 161. The molecule has 0 amide bonds. The van der Waals surface area contributed by atoms with Crippen LogP contribution in [-0.4, -0.2) is 0 Å². The Kier molecular flexibility index (Phi) is 2.78. The summed E-state index contributed by atoms with van der Waals surface area (Å²) in [5, 5.41) is 0.828. The molecule has 0 N–H and O–H groups in total. The fraction of sp³-hybridized carbons (Fsp3) is 0.600. The Morgan fingerprint density at radius 3 is 2.09 bits per heavy atom. The van der Waals surface area contributed by atoms with Crippen molar-refractivity contribution >= 4 is 11.6 Å². The second-order valence-electron chi connectivity index (χ2n) is 3.50. The van der Waals surface area contributed by atoms with Gasteiger partial charge in [0.1, 0.15) is 0 Å². The van der Waals surface area contributed by atoms with Gasteiger partial charge in [-0.3, -0.25) is 0 Å². The average Bonchev–Trinajstić information content (AvgIpc) is 2.33. The molecule has 1 fully saturated rings. The molecule has 1 saturated carbocycles. The minimum Gasteiger partial charge on any atom is -0.0999 e. The van der Waals surface area contributed by atoms with Gasteiger partial charge in [-0.25, -0.2) is 0 Å². The zero-order valence-electron chi connectivity index (χ0n) is 7.07. The first kappa shape index (κ1) is 8.86. The Balaban J connectivity index is 2.47. The third-order valence-electron chi connectivity index (χ3n) is 2.57. The molecule has 0 aromatic heterocycles. The van der Waals surface area contributed by atoms with E-state index in [0.29, 0.717) is 11.8 Å². The molecule has 0 spiro atoms. The topological polar surface area (TPSA) is 0 Å². The van der Waals surface area contributed by atoms with Crippen molar-refractivity contribution in [2.24, 2.45) is 11.8 Å². The highest BCUT2D eigenvalue weighted by Crippen LogP contribution is 2.39. The van der Waals surface area contributed by atoms with E-state index in [1.54, 1.807) is 0 Å². The van der Waals surface area contributed by atoms with Gasteiger partial charge in [0, 0.05) is 5.03 Å². The summed E-state index contributed by atoms with van der Waals surface area (Å²) in [4.78, 5) is 0. The normalized spacial score (nSPS) is 30.4. The summed E-state index contributed by atoms with van der Waals surface area (Å²) in [6.07, 6.45) is 3.60. The maximum absolute atomic E-state index is 5.83. The second kappa shape index (κ2) is 3.44. The summed E-state index contributed by atoms with van der Waals surface area (Å²) in [5.41, 5.74) is 1.30. The van der Waals surface area contributed by atoms with Crippen LogP contribution >= 0.6 is 11.6 Å². The van der Waals surface area contributed by atoms with Crippen LogP contribution in [0, 0.1) is 11.8 Å².